The minimum atomic E-state index is -2.43. The van der Waals surface area contributed by atoms with Crippen LogP contribution in [0.1, 0.15) is 30.4 Å². The number of para-hydroxylation sites is 2. The molecule has 7 nitrogen and oxygen atoms in total. The average Bonchev–Trinajstić information content (AvgIpc) is 3.58. The molecule has 3 aromatic carbocycles. The smallest absolute Gasteiger partial charge is 0.193 e. The molecule has 7 rings (SSSR count). The van der Waals surface area contributed by atoms with Crippen LogP contribution in [0.4, 0.5) is 11.5 Å². The van der Waals surface area contributed by atoms with Crippen LogP contribution in [0.2, 0.25) is 6.75 Å². The van der Waals surface area contributed by atoms with E-state index < -0.39 is 13.7 Å². The summed E-state index contributed by atoms with van der Waals surface area (Å²) in [5.74, 6) is 1.43. The van der Waals surface area contributed by atoms with Crippen LogP contribution >= 0.6 is 0 Å². The molecule has 0 radical (unpaired) electrons. The van der Waals surface area contributed by atoms with Gasteiger partial charge in [0, 0.05) is 16.5 Å². The first-order valence-electron chi connectivity index (χ1n) is 15.1. The number of fused-ring (bicyclic) bond motifs is 4. The number of imidazole rings is 1. The summed E-state index contributed by atoms with van der Waals surface area (Å²) >= 11 is 2.32. The Morgan fingerprint density at radius 3 is 2.55 bits per heavy atom. The number of benzene rings is 3. The summed E-state index contributed by atoms with van der Waals surface area (Å²) in [5, 5.41) is 4.44. The third kappa shape index (κ3) is 4.37. The molecule has 0 fully saturated rings. The van der Waals surface area contributed by atoms with Crippen LogP contribution < -0.4 is 9.55 Å². The van der Waals surface area contributed by atoms with Gasteiger partial charge in [-0.25, -0.2) is 0 Å². The van der Waals surface area contributed by atoms with E-state index in [0.29, 0.717) is 28.7 Å². The fourth-order valence-electron chi connectivity index (χ4n) is 5.37. The third-order valence-corrected chi connectivity index (χ3v) is 8.81. The van der Waals surface area contributed by atoms with Gasteiger partial charge in [-0.3, -0.25) is 0 Å². The zero-order valence-electron chi connectivity index (χ0n) is 26.6. The predicted molar refractivity (Wildman–Crippen MR) is 163 cm³/mol. The summed E-state index contributed by atoms with van der Waals surface area (Å²) in [6.45, 7) is 2.78. The fraction of sp³-hybridized carbons (Fsp3) is 0.182. The van der Waals surface area contributed by atoms with Gasteiger partial charge in [-0.05, 0) is 17.0 Å². The van der Waals surface area contributed by atoms with Crippen LogP contribution in [0, 0.1) is 15.9 Å². The van der Waals surface area contributed by atoms with Crippen molar-refractivity contribution in [1.82, 2.24) is 23.8 Å². The number of hydrogen-bond donors (Lipinski definition) is 0. The monoisotopic (exact) mass is 734 g/mol. The van der Waals surface area contributed by atoms with Gasteiger partial charge < -0.3 is 0 Å². The van der Waals surface area contributed by atoms with Crippen LogP contribution in [-0.2, 0) is 31.8 Å². The Labute approximate surface area is 260 Å². The second-order valence-corrected chi connectivity index (χ2v) is 12.3. The molecule has 1 aliphatic heterocycles. The van der Waals surface area contributed by atoms with Crippen molar-refractivity contribution in [2.24, 2.45) is 7.05 Å². The first-order valence-corrected chi connectivity index (χ1v) is 14.7. The van der Waals surface area contributed by atoms with Gasteiger partial charge >= 0.3 is 202 Å². The Balaban J connectivity index is 1.34. The SMILES string of the molecule is [2H]C([2H])([2H])B1N(c2cc(C(C)(C)C)ccn2)c2[c-]c(Oc3[c-]c(-n4[c](=[Pt])n(C)c5ccccc54)ccc3)ccc2-c2ccnn21. The number of pyridine rings is 1. The van der Waals surface area contributed by atoms with Crippen molar-refractivity contribution in [3.05, 3.63) is 107 Å². The Morgan fingerprint density at radius 2 is 1.74 bits per heavy atom. The molecule has 0 aliphatic carbocycles. The number of nitrogens with zero attached hydrogens (tertiary/aromatic N) is 6. The van der Waals surface area contributed by atoms with Gasteiger partial charge in [0.05, 0.1) is 0 Å². The standard InChI is InChI=1S/C33H29BN6O.Pt/c1-33(2,3)23-15-17-35-32(19-23)39-31-21-26(13-14-27(31)28-16-18-36-40(28)34(39)4)41-25-10-8-9-24(20-25)38-22-37(5)29-11-6-7-12-30(29)38;/h6-19H,1-5H3;/q-2;/i4D3;. The quantitative estimate of drug-likeness (QED) is 0.143. The van der Waals surface area contributed by atoms with E-state index in [1.165, 1.54) is 0 Å². The first-order chi connectivity index (χ1) is 21.4. The van der Waals surface area contributed by atoms with Crippen molar-refractivity contribution in [3.8, 4) is 28.4 Å². The van der Waals surface area contributed by atoms with Crippen molar-refractivity contribution >= 4 is 29.5 Å². The van der Waals surface area contributed by atoms with Crippen LogP contribution in [0.15, 0.2) is 85.2 Å². The minimum absolute atomic E-state index is 0.169. The van der Waals surface area contributed by atoms with E-state index in [2.05, 4.69) is 83.6 Å². The minimum Gasteiger partial charge on any atom is -0.193 e. The molecule has 0 N–H and O–H groups in total. The number of ether oxygens (including phenoxy) is 1. The van der Waals surface area contributed by atoms with Crippen molar-refractivity contribution in [3.63, 3.8) is 0 Å². The maximum absolute atomic E-state index is 8.56. The number of anilines is 2. The molecule has 4 heterocycles. The van der Waals surface area contributed by atoms with Crippen LogP contribution in [-0.4, -0.2) is 30.8 Å². The molecule has 0 atom stereocenters. The van der Waals surface area contributed by atoms with E-state index >= 15 is 0 Å². The van der Waals surface area contributed by atoms with Crippen LogP contribution in [0.5, 0.6) is 11.5 Å². The molecule has 6 aromatic rings. The number of aromatic nitrogens is 5. The van der Waals surface area contributed by atoms with Gasteiger partial charge in [0.25, 0.3) is 0 Å². The van der Waals surface area contributed by atoms with Gasteiger partial charge in [-0.2, -0.15) is 5.10 Å². The van der Waals surface area contributed by atoms with E-state index in [0.717, 1.165) is 31.7 Å². The molecule has 0 bridgehead atoms. The summed E-state index contributed by atoms with van der Waals surface area (Å²) in [7, 11) is 2.04. The van der Waals surface area contributed by atoms with E-state index in [9.17, 15) is 0 Å². The topological polar surface area (TPSA) is 53.0 Å². The number of aryl methyl sites for hydroxylation is 1. The Morgan fingerprint density at radius 1 is 0.929 bits per heavy atom. The van der Waals surface area contributed by atoms with Crippen molar-refractivity contribution < 1.29 is 28.2 Å². The molecule has 0 saturated heterocycles. The van der Waals surface area contributed by atoms with Crippen LogP contribution in [0.3, 0.4) is 0 Å². The molecule has 0 saturated carbocycles. The van der Waals surface area contributed by atoms with Crippen molar-refractivity contribution in [2.45, 2.75) is 32.9 Å². The van der Waals surface area contributed by atoms with Gasteiger partial charge in [0.15, 0.2) is 0 Å². The molecule has 1 aliphatic rings. The molecule has 9 heteroatoms. The summed E-state index contributed by atoms with van der Waals surface area (Å²) < 4.78 is 38.9. The maximum atomic E-state index is 8.56. The van der Waals surface area contributed by atoms with Gasteiger partial charge in [0.2, 0.25) is 0 Å². The Kier molecular flexibility index (Phi) is 5.57. The van der Waals surface area contributed by atoms with Crippen LogP contribution in [0.25, 0.3) is 28.0 Å². The van der Waals surface area contributed by atoms with Gasteiger partial charge in [-0.1, -0.05) is 20.8 Å². The van der Waals surface area contributed by atoms with Crippen molar-refractivity contribution in [1.29, 1.82) is 0 Å². The Bertz CT molecular complexity index is 2150. The molecule has 212 valence electrons. The summed E-state index contributed by atoms with van der Waals surface area (Å²) in [6.07, 6.45) is 3.34. The molecule has 3 aromatic heterocycles. The summed E-state index contributed by atoms with van der Waals surface area (Å²) in [6, 6.07) is 30.3. The summed E-state index contributed by atoms with van der Waals surface area (Å²) in [4.78, 5) is 6.36. The number of rotatable bonds is 4. The molecule has 0 spiro atoms. The summed E-state index contributed by atoms with van der Waals surface area (Å²) in [5.41, 5.74) is 5.89. The van der Waals surface area contributed by atoms with Gasteiger partial charge in [0.1, 0.15) is 0 Å². The number of hydrogen-bond acceptors (Lipinski definition) is 4. The fourth-order valence-corrected chi connectivity index (χ4v) is 6.19. The molecule has 0 amide bonds. The van der Waals surface area contributed by atoms with E-state index in [1.807, 2.05) is 67.7 Å². The zero-order chi connectivity index (χ0) is 31.7. The second-order valence-electron chi connectivity index (χ2n) is 11.3. The van der Waals surface area contributed by atoms with Crippen molar-refractivity contribution in [2.75, 3.05) is 4.81 Å². The van der Waals surface area contributed by atoms with E-state index in [-0.39, 0.29) is 5.41 Å². The normalized spacial score (nSPS) is 14.3. The molecule has 0 unspecified atom stereocenters. The molecule has 42 heavy (non-hydrogen) atoms. The average molecular weight is 735 g/mol. The van der Waals surface area contributed by atoms with Gasteiger partial charge in [-0.15, -0.1) is 0 Å². The van der Waals surface area contributed by atoms with E-state index in [1.54, 1.807) is 21.8 Å². The first kappa shape index (κ1) is 23.4. The van der Waals surface area contributed by atoms with E-state index in [4.69, 9.17) is 8.85 Å². The Hall–Kier alpha value is -4.16. The second kappa shape index (κ2) is 9.99. The third-order valence-electron chi connectivity index (χ3n) is 7.54. The zero-order valence-corrected chi connectivity index (χ0v) is 25.8. The predicted octanol–water partition coefficient (Wildman–Crippen LogP) is 7.11. The molecular weight excluding hydrogens is 702 g/mol. The molecular formula is C33H29BN6OPt-2.